The lowest BCUT2D eigenvalue weighted by atomic mass is 9.69. The Morgan fingerprint density at radius 1 is 0.957 bits per heavy atom. The molecule has 1 aromatic heterocycles. The summed E-state index contributed by atoms with van der Waals surface area (Å²) in [5.74, 6) is 0. The molecule has 0 spiro atoms. The van der Waals surface area contributed by atoms with Crippen LogP contribution in [0.5, 0.6) is 0 Å². The second-order valence-electron chi connectivity index (χ2n) is 5.51. The maximum atomic E-state index is 10.4. The molecule has 0 radical (unpaired) electrons. The van der Waals surface area contributed by atoms with E-state index in [9.17, 15) is 5.11 Å². The van der Waals surface area contributed by atoms with E-state index >= 15 is 0 Å². The van der Waals surface area contributed by atoms with Gasteiger partial charge in [0.2, 0.25) is 0 Å². The van der Waals surface area contributed by atoms with Gasteiger partial charge < -0.3 is 5.11 Å². The van der Waals surface area contributed by atoms with Crippen molar-refractivity contribution in [1.82, 2.24) is 9.97 Å². The van der Waals surface area contributed by atoms with Crippen molar-refractivity contribution >= 4 is 11.6 Å². The summed E-state index contributed by atoms with van der Waals surface area (Å²) < 4.78 is 0. The van der Waals surface area contributed by atoms with Crippen molar-refractivity contribution in [3.8, 4) is 0 Å². The third kappa shape index (κ3) is 2.74. The molecule has 1 atom stereocenters. The highest BCUT2D eigenvalue weighted by molar-refractivity contribution is 6.30. The van der Waals surface area contributed by atoms with Crippen LogP contribution in [0.1, 0.15) is 22.3 Å². The number of rotatable bonds is 4. The number of benzene rings is 2. The Balaban J connectivity index is 2.33. The van der Waals surface area contributed by atoms with E-state index in [0.29, 0.717) is 5.02 Å². The van der Waals surface area contributed by atoms with Gasteiger partial charge in [0.15, 0.2) is 0 Å². The number of aryl methyl sites for hydroxylation is 1. The quantitative estimate of drug-likeness (QED) is 0.794. The summed E-state index contributed by atoms with van der Waals surface area (Å²) in [5, 5.41) is 11.1. The van der Waals surface area contributed by atoms with Crippen LogP contribution in [0.4, 0.5) is 0 Å². The van der Waals surface area contributed by atoms with Crippen molar-refractivity contribution in [2.45, 2.75) is 12.3 Å². The summed E-state index contributed by atoms with van der Waals surface area (Å²) in [4.78, 5) is 8.30. The Morgan fingerprint density at radius 3 is 2.22 bits per heavy atom. The Labute approximate surface area is 140 Å². The summed E-state index contributed by atoms with van der Waals surface area (Å²) in [5.41, 5.74) is 3.20. The van der Waals surface area contributed by atoms with E-state index in [2.05, 4.69) is 9.97 Å². The molecule has 3 nitrogen and oxygen atoms in total. The first-order valence-electron chi connectivity index (χ1n) is 7.37. The lowest BCUT2D eigenvalue weighted by Gasteiger charge is -2.34. The minimum absolute atomic E-state index is 0.0904. The van der Waals surface area contributed by atoms with E-state index in [4.69, 9.17) is 11.6 Å². The maximum Gasteiger partial charge on any atom is 0.115 e. The monoisotopic (exact) mass is 324 g/mol. The molecule has 116 valence electrons. The summed E-state index contributed by atoms with van der Waals surface area (Å²) in [7, 11) is 0. The third-order valence-electron chi connectivity index (χ3n) is 4.23. The molecule has 0 saturated heterocycles. The van der Waals surface area contributed by atoms with Gasteiger partial charge in [0, 0.05) is 23.0 Å². The lowest BCUT2D eigenvalue weighted by molar-refractivity contribution is 0.242. The molecule has 0 aliphatic carbocycles. The standard InChI is InChI=1S/C19H17ClN2O/c1-14-4-2-3-5-18(14)19(12-23,16-10-21-13-22-11-16)15-6-8-17(20)9-7-15/h2-11,13,23H,12H2,1H3. The van der Waals surface area contributed by atoms with Crippen LogP contribution in [0, 0.1) is 6.92 Å². The summed E-state index contributed by atoms with van der Waals surface area (Å²) in [6.07, 6.45) is 5.00. The van der Waals surface area contributed by atoms with Crippen LogP contribution in [-0.4, -0.2) is 21.7 Å². The first-order valence-corrected chi connectivity index (χ1v) is 7.75. The minimum Gasteiger partial charge on any atom is -0.395 e. The molecule has 0 aliphatic heterocycles. The zero-order chi connectivity index (χ0) is 16.3. The first kappa shape index (κ1) is 15.7. The van der Waals surface area contributed by atoms with Crippen molar-refractivity contribution < 1.29 is 5.11 Å². The number of aromatic nitrogens is 2. The van der Waals surface area contributed by atoms with Crippen LogP contribution in [0.15, 0.2) is 67.3 Å². The predicted molar refractivity (Wildman–Crippen MR) is 91.6 cm³/mol. The summed E-state index contributed by atoms with van der Waals surface area (Å²) in [6.45, 7) is 1.95. The normalized spacial score (nSPS) is 13.5. The summed E-state index contributed by atoms with van der Waals surface area (Å²) in [6, 6.07) is 15.6. The predicted octanol–water partition coefficient (Wildman–Crippen LogP) is 3.77. The van der Waals surface area contributed by atoms with Gasteiger partial charge in [0.05, 0.1) is 12.0 Å². The van der Waals surface area contributed by atoms with Crippen molar-refractivity contribution in [2.24, 2.45) is 0 Å². The van der Waals surface area contributed by atoms with Gasteiger partial charge >= 0.3 is 0 Å². The summed E-state index contributed by atoms with van der Waals surface area (Å²) >= 11 is 6.04. The molecule has 1 unspecified atom stereocenters. The van der Waals surface area contributed by atoms with Gasteiger partial charge in [-0.1, -0.05) is 48.0 Å². The van der Waals surface area contributed by atoms with Crippen LogP contribution in [0.2, 0.25) is 5.02 Å². The average molecular weight is 325 g/mol. The average Bonchev–Trinajstić information content (AvgIpc) is 2.60. The molecule has 0 fully saturated rings. The second-order valence-corrected chi connectivity index (χ2v) is 5.95. The first-order chi connectivity index (χ1) is 11.2. The molecular formula is C19H17ClN2O. The number of aliphatic hydroxyl groups is 1. The van der Waals surface area contributed by atoms with E-state index < -0.39 is 5.41 Å². The molecule has 1 heterocycles. The van der Waals surface area contributed by atoms with Gasteiger partial charge in [-0.3, -0.25) is 0 Å². The van der Waals surface area contributed by atoms with Crippen LogP contribution < -0.4 is 0 Å². The van der Waals surface area contributed by atoms with Crippen molar-refractivity contribution in [3.05, 3.63) is 94.5 Å². The number of aliphatic hydroxyl groups excluding tert-OH is 1. The lowest BCUT2D eigenvalue weighted by Crippen LogP contribution is -2.34. The molecular weight excluding hydrogens is 308 g/mol. The highest BCUT2D eigenvalue weighted by Crippen LogP contribution is 2.40. The van der Waals surface area contributed by atoms with Gasteiger partial charge in [-0.15, -0.1) is 0 Å². The van der Waals surface area contributed by atoms with E-state index in [1.165, 1.54) is 6.33 Å². The zero-order valence-corrected chi connectivity index (χ0v) is 13.5. The van der Waals surface area contributed by atoms with Crippen molar-refractivity contribution in [3.63, 3.8) is 0 Å². The van der Waals surface area contributed by atoms with Crippen LogP contribution in [0.25, 0.3) is 0 Å². The van der Waals surface area contributed by atoms with Crippen LogP contribution in [0.3, 0.4) is 0 Å². The minimum atomic E-state index is -0.725. The van der Waals surface area contributed by atoms with Gasteiger partial charge in [-0.25, -0.2) is 9.97 Å². The molecule has 0 bridgehead atoms. The Kier molecular flexibility index (Phi) is 4.42. The number of hydrogen-bond acceptors (Lipinski definition) is 3. The van der Waals surface area contributed by atoms with Gasteiger partial charge in [0.1, 0.15) is 6.33 Å². The number of nitrogens with zero attached hydrogens (tertiary/aromatic N) is 2. The Hall–Kier alpha value is -2.23. The molecule has 3 aromatic rings. The number of hydrogen-bond donors (Lipinski definition) is 1. The van der Waals surface area contributed by atoms with Gasteiger partial charge in [-0.2, -0.15) is 0 Å². The smallest absolute Gasteiger partial charge is 0.115 e. The molecule has 1 N–H and O–H groups in total. The fraction of sp³-hybridized carbons (Fsp3) is 0.158. The molecule has 0 amide bonds. The van der Waals surface area contributed by atoms with Crippen LogP contribution in [-0.2, 0) is 5.41 Å². The van der Waals surface area contributed by atoms with Gasteiger partial charge in [0.25, 0.3) is 0 Å². The Morgan fingerprint density at radius 2 is 1.61 bits per heavy atom. The van der Waals surface area contributed by atoms with Crippen molar-refractivity contribution in [1.29, 1.82) is 0 Å². The molecule has 0 aliphatic rings. The fourth-order valence-corrected chi connectivity index (χ4v) is 3.18. The topological polar surface area (TPSA) is 46.0 Å². The van der Waals surface area contributed by atoms with E-state index in [1.807, 2.05) is 55.5 Å². The SMILES string of the molecule is Cc1ccccc1C(CO)(c1ccc(Cl)cc1)c1cncnc1. The maximum absolute atomic E-state index is 10.4. The molecule has 0 saturated carbocycles. The van der Waals surface area contributed by atoms with E-state index in [0.717, 1.165) is 22.3 Å². The highest BCUT2D eigenvalue weighted by Gasteiger charge is 2.37. The zero-order valence-electron chi connectivity index (χ0n) is 12.8. The fourth-order valence-electron chi connectivity index (χ4n) is 3.05. The highest BCUT2D eigenvalue weighted by atomic mass is 35.5. The molecule has 23 heavy (non-hydrogen) atoms. The second kappa shape index (κ2) is 6.49. The van der Waals surface area contributed by atoms with Crippen molar-refractivity contribution in [2.75, 3.05) is 6.61 Å². The molecule has 4 heteroatoms. The van der Waals surface area contributed by atoms with Gasteiger partial charge in [-0.05, 0) is 35.7 Å². The number of halogens is 1. The van der Waals surface area contributed by atoms with E-state index in [1.54, 1.807) is 12.4 Å². The molecule has 2 aromatic carbocycles. The molecule has 3 rings (SSSR count). The Bertz CT molecular complexity index is 790. The van der Waals surface area contributed by atoms with E-state index in [-0.39, 0.29) is 6.61 Å². The van der Waals surface area contributed by atoms with Crippen LogP contribution >= 0.6 is 11.6 Å². The third-order valence-corrected chi connectivity index (χ3v) is 4.48. The largest absolute Gasteiger partial charge is 0.395 e.